The number of ketones is 1. The molecule has 0 N–H and O–H groups in total. The van der Waals surface area contributed by atoms with Crippen LogP contribution in [0.4, 0.5) is 0 Å². The highest BCUT2D eigenvalue weighted by molar-refractivity contribution is 7.99. The average molecular weight is 355 g/mol. The van der Waals surface area contributed by atoms with Crippen molar-refractivity contribution >= 4 is 23.6 Å². The Balaban J connectivity index is 2.02. The van der Waals surface area contributed by atoms with E-state index in [1.807, 2.05) is 66.4 Å². The van der Waals surface area contributed by atoms with E-state index in [0.717, 1.165) is 36.3 Å². The summed E-state index contributed by atoms with van der Waals surface area (Å²) in [5.41, 5.74) is 1.64. The third-order valence-corrected chi connectivity index (χ3v) is 4.92. The molecule has 0 radical (unpaired) electrons. The van der Waals surface area contributed by atoms with Crippen molar-refractivity contribution in [1.82, 2.24) is 0 Å². The summed E-state index contributed by atoms with van der Waals surface area (Å²) in [7, 11) is 0. The smallest absolute Gasteiger partial charge is 0.185 e. The first kappa shape index (κ1) is 19.3. The van der Waals surface area contributed by atoms with Gasteiger partial charge in [0.2, 0.25) is 0 Å². The number of hydrogen-bond acceptors (Lipinski definition) is 3. The molecule has 0 aromatic heterocycles. The second kappa shape index (κ2) is 10.8. The number of rotatable bonds is 10. The van der Waals surface area contributed by atoms with E-state index in [9.17, 15) is 4.79 Å². The maximum Gasteiger partial charge on any atom is 0.185 e. The van der Waals surface area contributed by atoms with Crippen molar-refractivity contribution in [2.45, 2.75) is 38.0 Å². The Morgan fingerprint density at radius 3 is 2.52 bits per heavy atom. The van der Waals surface area contributed by atoms with E-state index in [1.54, 1.807) is 6.08 Å². The van der Waals surface area contributed by atoms with E-state index in [-0.39, 0.29) is 5.78 Å². The van der Waals surface area contributed by atoms with Gasteiger partial charge in [-0.25, -0.2) is 0 Å². The molecule has 0 atom stereocenters. The lowest BCUT2D eigenvalue weighted by atomic mass is 10.1. The van der Waals surface area contributed by atoms with Gasteiger partial charge in [-0.05, 0) is 61.1 Å². The second-order valence-corrected chi connectivity index (χ2v) is 6.98. The van der Waals surface area contributed by atoms with Gasteiger partial charge in [-0.2, -0.15) is 0 Å². The first-order chi connectivity index (χ1) is 12.2. The Kier molecular flexibility index (Phi) is 8.33. The predicted octanol–water partition coefficient (Wildman–Crippen LogP) is 6.26. The molecule has 2 aromatic carbocycles. The van der Waals surface area contributed by atoms with E-state index in [1.165, 1.54) is 4.90 Å². The summed E-state index contributed by atoms with van der Waals surface area (Å²) >= 11 is 1.82. The van der Waals surface area contributed by atoms with Crippen LogP contribution in [0.15, 0.2) is 59.5 Å². The minimum Gasteiger partial charge on any atom is -0.493 e. The third kappa shape index (κ3) is 6.43. The molecule has 0 aliphatic rings. The predicted molar refractivity (Wildman–Crippen MR) is 108 cm³/mol. The molecule has 0 saturated heterocycles. The van der Waals surface area contributed by atoms with Crippen LogP contribution >= 0.6 is 11.8 Å². The van der Waals surface area contributed by atoms with Gasteiger partial charge in [-0.1, -0.05) is 38.5 Å². The van der Waals surface area contributed by atoms with E-state index in [2.05, 4.69) is 13.8 Å². The average Bonchev–Trinajstić information content (AvgIpc) is 2.66. The first-order valence-corrected chi connectivity index (χ1v) is 9.90. The largest absolute Gasteiger partial charge is 0.493 e. The molecule has 25 heavy (non-hydrogen) atoms. The van der Waals surface area contributed by atoms with Crippen LogP contribution in [-0.4, -0.2) is 18.1 Å². The van der Waals surface area contributed by atoms with Crippen LogP contribution in [0.25, 0.3) is 6.08 Å². The second-order valence-electron chi connectivity index (χ2n) is 5.81. The minimum absolute atomic E-state index is 0.00963. The van der Waals surface area contributed by atoms with Crippen molar-refractivity contribution < 1.29 is 9.53 Å². The van der Waals surface area contributed by atoms with Crippen LogP contribution in [0.3, 0.4) is 0 Å². The molecule has 0 heterocycles. The van der Waals surface area contributed by atoms with Gasteiger partial charge in [0.05, 0.1) is 6.61 Å². The lowest BCUT2D eigenvalue weighted by Gasteiger charge is -2.08. The van der Waals surface area contributed by atoms with Crippen molar-refractivity contribution in [3.63, 3.8) is 0 Å². The van der Waals surface area contributed by atoms with Gasteiger partial charge in [-0.15, -0.1) is 11.8 Å². The number of para-hydroxylation sites is 1. The topological polar surface area (TPSA) is 26.3 Å². The number of carbonyl (C=O) groups is 1. The van der Waals surface area contributed by atoms with E-state index in [0.29, 0.717) is 12.2 Å². The Labute approximate surface area is 155 Å². The summed E-state index contributed by atoms with van der Waals surface area (Å²) in [6, 6.07) is 15.6. The molecule has 0 bridgehead atoms. The molecule has 0 unspecified atom stereocenters. The van der Waals surface area contributed by atoms with Gasteiger partial charge in [0.15, 0.2) is 5.78 Å². The summed E-state index contributed by atoms with van der Waals surface area (Å²) in [5, 5.41) is 0. The van der Waals surface area contributed by atoms with Crippen molar-refractivity contribution in [3.05, 3.63) is 65.7 Å². The van der Waals surface area contributed by atoms with Crippen LogP contribution in [0, 0.1) is 0 Å². The molecular formula is C22H26O2S. The van der Waals surface area contributed by atoms with Gasteiger partial charge in [-0.3, -0.25) is 4.79 Å². The van der Waals surface area contributed by atoms with Crippen molar-refractivity contribution in [2.75, 3.05) is 12.4 Å². The monoisotopic (exact) mass is 354 g/mol. The summed E-state index contributed by atoms with van der Waals surface area (Å²) in [6.07, 6.45) is 6.73. The molecule has 0 aliphatic carbocycles. The number of unbranched alkanes of at least 4 members (excludes halogenated alkanes) is 1. The zero-order valence-electron chi connectivity index (χ0n) is 15.0. The van der Waals surface area contributed by atoms with Gasteiger partial charge in [0, 0.05) is 16.0 Å². The van der Waals surface area contributed by atoms with Gasteiger partial charge in [0.25, 0.3) is 0 Å². The maximum atomic E-state index is 12.4. The zero-order valence-corrected chi connectivity index (χ0v) is 15.9. The number of hydrogen-bond donors (Lipinski definition) is 0. The summed E-state index contributed by atoms with van der Waals surface area (Å²) < 4.78 is 5.80. The van der Waals surface area contributed by atoms with Crippen LogP contribution in [0.5, 0.6) is 5.75 Å². The number of carbonyl (C=O) groups excluding carboxylic acids is 1. The Morgan fingerprint density at radius 2 is 1.80 bits per heavy atom. The molecule has 2 rings (SSSR count). The summed E-state index contributed by atoms with van der Waals surface area (Å²) in [6.45, 7) is 5.01. The molecular weight excluding hydrogens is 328 g/mol. The summed E-state index contributed by atoms with van der Waals surface area (Å²) in [4.78, 5) is 13.6. The van der Waals surface area contributed by atoms with E-state index >= 15 is 0 Å². The van der Waals surface area contributed by atoms with Crippen LogP contribution in [0.2, 0.25) is 0 Å². The fourth-order valence-electron chi connectivity index (χ4n) is 2.27. The van der Waals surface area contributed by atoms with Crippen LogP contribution in [0.1, 0.15) is 49.0 Å². The van der Waals surface area contributed by atoms with Crippen molar-refractivity contribution in [2.24, 2.45) is 0 Å². The normalized spacial score (nSPS) is 11.0. The number of benzene rings is 2. The third-order valence-electron chi connectivity index (χ3n) is 3.70. The number of ether oxygens (including phenoxy) is 1. The van der Waals surface area contributed by atoms with E-state index < -0.39 is 0 Å². The van der Waals surface area contributed by atoms with Crippen molar-refractivity contribution in [3.8, 4) is 5.75 Å². The van der Waals surface area contributed by atoms with Crippen LogP contribution < -0.4 is 4.74 Å². The molecule has 132 valence electrons. The highest BCUT2D eigenvalue weighted by Gasteiger charge is 2.04. The molecule has 0 saturated carbocycles. The van der Waals surface area contributed by atoms with Gasteiger partial charge >= 0.3 is 0 Å². The molecule has 3 heteroatoms. The first-order valence-electron chi connectivity index (χ1n) is 8.91. The number of allylic oxidation sites excluding steroid dienone is 1. The quantitative estimate of drug-likeness (QED) is 0.218. The lowest BCUT2D eigenvalue weighted by Crippen LogP contribution is -1.98. The van der Waals surface area contributed by atoms with Crippen LogP contribution in [-0.2, 0) is 0 Å². The SMILES string of the molecule is CCCCOc1ccccc1/C=C/C(=O)c1ccc(SCCC)cc1. The van der Waals surface area contributed by atoms with E-state index in [4.69, 9.17) is 4.74 Å². The lowest BCUT2D eigenvalue weighted by molar-refractivity contribution is 0.104. The molecule has 0 aliphatic heterocycles. The highest BCUT2D eigenvalue weighted by Crippen LogP contribution is 2.21. The maximum absolute atomic E-state index is 12.4. The Morgan fingerprint density at radius 1 is 1.04 bits per heavy atom. The standard InChI is InChI=1S/C22H26O2S/c1-3-5-16-24-22-9-7-6-8-19(22)12-15-21(23)18-10-13-20(14-11-18)25-17-4-2/h6-15H,3-5,16-17H2,1-2H3/b15-12+. The Hall–Kier alpha value is -2.00. The fraction of sp³-hybridized carbons (Fsp3) is 0.318. The zero-order chi connectivity index (χ0) is 17.9. The molecule has 0 fully saturated rings. The highest BCUT2D eigenvalue weighted by atomic mass is 32.2. The molecule has 0 amide bonds. The number of thioether (sulfide) groups is 1. The fourth-order valence-corrected chi connectivity index (χ4v) is 3.04. The van der Waals surface area contributed by atoms with Crippen molar-refractivity contribution in [1.29, 1.82) is 0 Å². The minimum atomic E-state index is 0.00963. The van der Waals surface area contributed by atoms with Gasteiger partial charge in [0.1, 0.15) is 5.75 Å². The Bertz CT molecular complexity index is 689. The molecule has 2 aromatic rings. The van der Waals surface area contributed by atoms with Gasteiger partial charge < -0.3 is 4.74 Å². The molecule has 2 nitrogen and oxygen atoms in total. The molecule has 0 spiro atoms. The summed E-state index contributed by atoms with van der Waals surface area (Å²) in [5.74, 6) is 1.93.